The minimum Gasteiger partial charge on any atom is -0.398 e. The summed E-state index contributed by atoms with van der Waals surface area (Å²) in [5.74, 6) is -0.451. The normalized spacial score (nSPS) is 11.1. The molecule has 0 saturated heterocycles. The van der Waals surface area contributed by atoms with Crippen molar-refractivity contribution in [1.29, 1.82) is 0 Å². The van der Waals surface area contributed by atoms with E-state index in [1.54, 1.807) is 0 Å². The maximum Gasteiger partial charge on any atom is 0.143 e. The monoisotopic (exact) mass is 309 g/mol. The second-order valence-electron chi connectivity index (χ2n) is 4.75. The van der Waals surface area contributed by atoms with Crippen molar-refractivity contribution in [2.45, 2.75) is 16.3 Å². The number of nitrogen functional groups attached to an aromatic ring is 1. The average Bonchev–Trinajstić information content (AvgIpc) is 2.37. The second kappa shape index (κ2) is 6.48. The molecule has 0 atom stereocenters. The molecule has 106 valence electrons. The van der Waals surface area contributed by atoms with Gasteiger partial charge in [0.15, 0.2) is 0 Å². The number of anilines is 1. The summed E-state index contributed by atoms with van der Waals surface area (Å²) in [5, 5.41) is 0.0495. The smallest absolute Gasteiger partial charge is 0.143 e. The molecule has 20 heavy (non-hydrogen) atoms. The van der Waals surface area contributed by atoms with Gasteiger partial charge in [0.2, 0.25) is 0 Å². The lowest BCUT2D eigenvalue weighted by Gasteiger charge is -2.14. The van der Waals surface area contributed by atoms with Crippen LogP contribution < -0.4 is 5.73 Å². The molecule has 5 heteroatoms. The lowest BCUT2D eigenvalue weighted by molar-refractivity contribution is 0.399. The van der Waals surface area contributed by atoms with Crippen molar-refractivity contribution in [3.8, 4) is 0 Å². The zero-order valence-corrected chi connectivity index (χ0v) is 12.9. The number of hydrogen-bond acceptors (Lipinski definition) is 3. The van der Waals surface area contributed by atoms with Gasteiger partial charge in [-0.15, -0.1) is 0 Å². The maximum atomic E-state index is 13.6. The van der Waals surface area contributed by atoms with Crippen LogP contribution in [0.1, 0.15) is 5.56 Å². The zero-order chi connectivity index (χ0) is 14.7. The van der Waals surface area contributed by atoms with E-state index in [1.165, 1.54) is 29.5 Å². The minimum absolute atomic E-state index is 0.0495. The maximum absolute atomic E-state index is 13.6. The first-order valence-electron chi connectivity index (χ1n) is 6.12. The first-order chi connectivity index (χ1) is 9.47. The summed E-state index contributed by atoms with van der Waals surface area (Å²) in [6.45, 7) is 0.819. The molecule has 0 heterocycles. The predicted octanol–water partition coefficient (Wildman–Crippen LogP) is 4.27. The Bertz CT molecular complexity index is 617. The Morgan fingerprint density at radius 2 is 1.90 bits per heavy atom. The number of benzene rings is 2. The van der Waals surface area contributed by atoms with E-state index in [0.717, 1.165) is 11.4 Å². The van der Waals surface area contributed by atoms with Gasteiger partial charge in [0.05, 0.1) is 5.02 Å². The van der Waals surface area contributed by atoms with Crippen LogP contribution in [0, 0.1) is 5.82 Å². The molecule has 0 aliphatic carbocycles. The summed E-state index contributed by atoms with van der Waals surface area (Å²) < 4.78 is 13.6. The summed E-state index contributed by atoms with van der Waals surface area (Å²) in [6, 6.07) is 10.9. The van der Waals surface area contributed by atoms with Gasteiger partial charge in [0.25, 0.3) is 0 Å². The van der Waals surface area contributed by atoms with Crippen LogP contribution in [-0.4, -0.2) is 19.0 Å². The Balaban J connectivity index is 2.33. The topological polar surface area (TPSA) is 29.3 Å². The highest BCUT2D eigenvalue weighted by molar-refractivity contribution is 7.99. The van der Waals surface area contributed by atoms with Gasteiger partial charge in [0.1, 0.15) is 5.82 Å². The predicted molar refractivity (Wildman–Crippen MR) is 83.8 cm³/mol. The number of rotatable bonds is 4. The van der Waals surface area contributed by atoms with E-state index in [-0.39, 0.29) is 5.02 Å². The van der Waals surface area contributed by atoms with Crippen molar-refractivity contribution in [2.75, 3.05) is 19.8 Å². The van der Waals surface area contributed by atoms with Crippen molar-refractivity contribution in [2.24, 2.45) is 0 Å². The number of nitrogens with zero attached hydrogens (tertiary/aromatic N) is 1. The van der Waals surface area contributed by atoms with Crippen molar-refractivity contribution >= 4 is 29.1 Å². The zero-order valence-electron chi connectivity index (χ0n) is 11.4. The van der Waals surface area contributed by atoms with E-state index in [1.807, 2.05) is 32.3 Å². The summed E-state index contributed by atoms with van der Waals surface area (Å²) in [6.07, 6.45) is 0. The lowest BCUT2D eigenvalue weighted by atomic mass is 10.2. The van der Waals surface area contributed by atoms with Gasteiger partial charge in [-0.2, -0.15) is 0 Å². The van der Waals surface area contributed by atoms with E-state index in [2.05, 4.69) is 11.0 Å². The summed E-state index contributed by atoms with van der Waals surface area (Å²) in [5.41, 5.74) is 7.57. The largest absolute Gasteiger partial charge is 0.398 e. The molecule has 2 aromatic rings. The Labute approximate surface area is 127 Å². The molecule has 2 aromatic carbocycles. The van der Waals surface area contributed by atoms with E-state index >= 15 is 0 Å². The summed E-state index contributed by atoms with van der Waals surface area (Å²) >= 11 is 7.17. The molecule has 0 aromatic heterocycles. The molecule has 0 fully saturated rings. The van der Waals surface area contributed by atoms with E-state index in [0.29, 0.717) is 10.6 Å². The van der Waals surface area contributed by atoms with Crippen LogP contribution in [-0.2, 0) is 6.54 Å². The van der Waals surface area contributed by atoms with E-state index in [4.69, 9.17) is 17.3 Å². The van der Waals surface area contributed by atoms with Crippen LogP contribution in [0.25, 0.3) is 0 Å². The summed E-state index contributed by atoms with van der Waals surface area (Å²) in [7, 11) is 4.02. The molecule has 0 aliphatic rings. The Hall–Kier alpha value is -1.23. The molecule has 0 unspecified atom stereocenters. The molecule has 2 nitrogen and oxygen atoms in total. The standard InChI is InChI=1S/C15H16ClFN2S/c1-19(2)9-10-5-3-4-6-14(10)20-15-8-12(17)11(16)7-13(15)18/h3-8H,9,18H2,1-2H3/i17-1. The molecule has 0 radical (unpaired) electrons. The lowest BCUT2D eigenvalue weighted by Crippen LogP contribution is -2.11. The van der Waals surface area contributed by atoms with Gasteiger partial charge < -0.3 is 10.6 Å². The molecular weight excluding hydrogens is 294 g/mol. The van der Waals surface area contributed by atoms with Crippen molar-refractivity contribution in [3.63, 3.8) is 0 Å². The van der Waals surface area contributed by atoms with Crippen LogP contribution >= 0.6 is 23.4 Å². The van der Waals surface area contributed by atoms with E-state index < -0.39 is 5.82 Å². The first kappa shape index (κ1) is 15.2. The van der Waals surface area contributed by atoms with Crippen molar-refractivity contribution < 1.29 is 4.39 Å². The van der Waals surface area contributed by atoms with Crippen LogP contribution in [0.3, 0.4) is 0 Å². The van der Waals surface area contributed by atoms with Crippen molar-refractivity contribution in [3.05, 3.63) is 52.8 Å². The molecule has 2 rings (SSSR count). The Kier molecular flexibility index (Phi) is 4.91. The van der Waals surface area contributed by atoms with Crippen LogP contribution in [0.4, 0.5) is 10.1 Å². The highest BCUT2D eigenvalue weighted by atomic mass is 35.5. The molecule has 0 aliphatic heterocycles. The molecule has 0 saturated carbocycles. The fourth-order valence-corrected chi connectivity index (χ4v) is 2.98. The molecule has 2 N–H and O–H groups in total. The van der Waals surface area contributed by atoms with Gasteiger partial charge in [0, 0.05) is 22.0 Å². The fraction of sp³-hybridized carbons (Fsp3) is 0.200. The third-order valence-electron chi connectivity index (χ3n) is 2.73. The van der Waals surface area contributed by atoms with Gasteiger partial charge in [-0.1, -0.05) is 41.6 Å². The Morgan fingerprint density at radius 1 is 1.20 bits per heavy atom. The minimum atomic E-state index is -0.451. The van der Waals surface area contributed by atoms with Crippen LogP contribution in [0.2, 0.25) is 5.02 Å². The number of hydrogen-bond donors (Lipinski definition) is 1. The summed E-state index contributed by atoms with van der Waals surface area (Å²) in [4.78, 5) is 3.83. The van der Waals surface area contributed by atoms with Crippen LogP contribution in [0.5, 0.6) is 0 Å². The van der Waals surface area contributed by atoms with Gasteiger partial charge in [-0.3, -0.25) is 0 Å². The Morgan fingerprint density at radius 3 is 2.60 bits per heavy atom. The number of nitrogens with two attached hydrogens (primary N) is 1. The fourth-order valence-electron chi connectivity index (χ4n) is 1.83. The average molecular weight is 310 g/mol. The SMILES string of the molecule is CN(C)Cc1ccccc1Sc1cc([18F])c(Cl)cc1N. The van der Waals surface area contributed by atoms with Crippen molar-refractivity contribution in [1.82, 2.24) is 4.90 Å². The van der Waals surface area contributed by atoms with Crippen LogP contribution in [0.15, 0.2) is 46.2 Å². The molecule has 0 spiro atoms. The number of halogens is 2. The van der Waals surface area contributed by atoms with E-state index in [9.17, 15) is 4.39 Å². The van der Waals surface area contributed by atoms with Gasteiger partial charge >= 0.3 is 0 Å². The molecule has 0 amide bonds. The second-order valence-corrected chi connectivity index (χ2v) is 6.24. The van der Waals surface area contributed by atoms with Gasteiger partial charge in [-0.25, -0.2) is 4.39 Å². The molecule has 0 bridgehead atoms. The van der Waals surface area contributed by atoms with Gasteiger partial charge in [-0.05, 0) is 37.9 Å². The first-order valence-corrected chi connectivity index (χ1v) is 7.32. The molecular formula is C15H16ClFN2S. The quantitative estimate of drug-likeness (QED) is 0.855. The highest BCUT2D eigenvalue weighted by Gasteiger charge is 2.10. The third kappa shape index (κ3) is 3.66. The third-order valence-corrected chi connectivity index (χ3v) is 4.21. The highest BCUT2D eigenvalue weighted by Crippen LogP contribution is 2.36.